The van der Waals surface area contributed by atoms with E-state index in [1.165, 1.54) is 0 Å². The van der Waals surface area contributed by atoms with E-state index in [9.17, 15) is 14.7 Å². The van der Waals surface area contributed by atoms with Crippen LogP contribution in [0.2, 0.25) is 0 Å². The number of carbonyl (C=O) groups is 2. The molecule has 0 fully saturated rings. The van der Waals surface area contributed by atoms with Crippen LogP contribution in [0.25, 0.3) is 10.9 Å². The van der Waals surface area contributed by atoms with E-state index in [0.717, 1.165) is 22.0 Å². The van der Waals surface area contributed by atoms with Crippen molar-refractivity contribution in [2.24, 2.45) is 0 Å². The molecule has 3 N–H and O–H groups in total. The molecule has 1 unspecified atom stereocenters. The van der Waals surface area contributed by atoms with Crippen LogP contribution in [0.4, 0.5) is 0 Å². The Bertz CT molecular complexity index is 952. The lowest BCUT2D eigenvalue weighted by atomic mass is 10.0. The van der Waals surface area contributed by atoms with Gasteiger partial charge in [-0.2, -0.15) is 0 Å². The molecular formula is C23H26N2O4. The molecule has 3 aromatic rings. The Morgan fingerprint density at radius 2 is 1.79 bits per heavy atom. The number of para-hydroxylation sites is 1. The van der Waals surface area contributed by atoms with Crippen LogP contribution in [0.15, 0.2) is 60.8 Å². The fourth-order valence-corrected chi connectivity index (χ4v) is 3.45. The number of fused-ring (bicyclic) bond motifs is 1. The Morgan fingerprint density at radius 3 is 2.52 bits per heavy atom. The Labute approximate surface area is 169 Å². The van der Waals surface area contributed by atoms with Gasteiger partial charge in [0.2, 0.25) is 0 Å². The van der Waals surface area contributed by atoms with Gasteiger partial charge in [-0.05, 0) is 37.0 Å². The molecule has 2 aromatic carbocycles. The Balaban J connectivity index is 1.74. The van der Waals surface area contributed by atoms with E-state index in [2.05, 4.69) is 10.3 Å². The van der Waals surface area contributed by atoms with Crippen molar-refractivity contribution in [2.45, 2.75) is 38.3 Å². The molecule has 1 aromatic heterocycles. The van der Waals surface area contributed by atoms with Crippen LogP contribution in [-0.4, -0.2) is 40.7 Å². The number of H-pyrrole nitrogens is 1. The number of benzene rings is 2. The topological polar surface area (TPSA) is 91.4 Å². The third kappa shape index (κ3) is 5.45. The number of nitrogens with one attached hydrogen (secondary N) is 2. The number of hydrogen-bond acceptors (Lipinski definition) is 4. The lowest BCUT2D eigenvalue weighted by Crippen LogP contribution is -2.49. The molecule has 0 spiro atoms. The van der Waals surface area contributed by atoms with Gasteiger partial charge in [0.15, 0.2) is 0 Å². The van der Waals surface area contributed by atoms with E-state index in [-0.39, 0.29) is 13.0 Å². The number of carboxylic acids is 1. The molecule has 152 valence electrons. The maximum absolute atomic E-state index is 12.5. The number of aryl methyl sites for hydroxylation is 1. The summed E-state index contributed by atoms with van der Waals surface area (Å²) in [7, 11) is 0. The first-order chi connectivity index (χ1) is 14.1. The van der Waals surface area contributed by atoms with E-state index in [0.29, 0.717) is 12.8 Å². The molecule has 0 saturated carbocycles. The van der Waals surface area contributed by atoms with Gasteiger partial charge < -0.3 is 14.8 Å². The van der Waals surface area contributed by atoms with E-state index in [1.54, 1.807) is 6.92 Å². The van der Waals surface area contributed by atoms with Gasteiger partial charge >= 0.3 is 11.9 Å². The Hall–Kier alpha value is -3.12. The molecule has 0 aliphatic rings. The molecule has 0 bridgehead atoms. The first kappa shape index (κ1) is 20.6. The molecule has 0 amide bonds. The van der Waals surface area contributed by atoms with Crippen molar-refractivity contribution in [3.8, 4) is 0 Å². The van der Waals surface area contributed by atoms with Crippen molar-refractivity contribution >= 4 is 22.8 Å². The minimum Gasteiger partial charge on any atom is -0.480 e. The summed E-state index contributed by atoms with van der Waals surface area (Å²) in [6, 6.07) is 16.0. The monoisotopic (exact) mass is 394 g/mol. The van der Waals surface area contributed by atoms with Crippen molar-refractivity contribution in [1.82, 2.24) is 10.3 Å². The summed E-state index contributed by atoms with van der Waals surface area (Å²) in [5.74, 6) is -1.42. The summed E-state index contributed by atoms with van der Waals surface area (Å²) < 4.78 is 5.18. The molecule has 0 aliphatic carbocycles. The largest absolute Gasteiger partial charge is 0.480 e. The van der Waals surface area contributed by atoms with Gasteiger partial charge in [0.05, 0.1) is 6.61 Å². The fourth-order valence-electron chi connectivity index (χ4n) is 3.45. The van der Waals surface area contributed by atoms with E-state index in [4.69, 9.17) is 4.74 Å². The average Bonchev–Trinajstić information content (AvgIpc) is 3.14. The van der Waals surface area contributed by atoms with Crippen LogP contribution in [-0.2, 0) is 27.2 Å². The second-order valence-corrected chi connectivity index (χ2v) is 6.95. The minimum absolute atomic E-state index is 0.253. The van der Waals surface area contributed by atoms with Crippen molar-refractivity contribution < 1.29 is 19.4 Å². The van der Waals surface area contributed by atoms with Gasteiger partial charge in [-0.25, -0.2) is 0 Å². The normalized spacial score (nSPS) is 13.1. The van der Waals surface area contributed by atoms with Crippen LogP contribution < -0.4 is 5.32 Å². The maximum atomic E-state index is 12.5. The molecular weight excluding hydrogens is 368 g/mol. The standard InChI is InChI=1S/C23H26N2O4/c1-2-29-23(28)20(13-12-16-8-4-3-5-9-16)25-21(22(26)27)14-17-15-24-19-11-7-6-10-18(17)19/h3-11,15,20-21,24-25H,2,12-14H2,1H3,(H,26,27)/t20?,21-/m0/s1. The molecule has 0 aliphatic heterocycles. The van der Waals surface area contributed by atoms with Crippen LogP contribution in [0, 0.1) is 0 Å². The molecule has 2 atom stereocenters. The minimum atomic E-state index is -0.996. The zero-order valence-electron chi connectivity index (χ0n) is 16.4. The van der Waals surface area contributed by atoms with Crippen molar-refractivity contribution in [2.75, 3.05) is 6.61 Å². The SMILES string of the molecule is CCOC(=O)C(CCc1ccccc1)N[C@@H](Cc1c[nH]c2ccccc12)C(=O)O. The highest BCUT2D eigenvalue weighted by Crippen LogP contribution is 2.19. The number of aliphatic carboxylic acids is 1. The molecule has 29 heavy (non-hydrogen) atoms. The van der Waals surface area contributed by atoms with Crippen LogP contribution in [0.1, 0.15) is 24.5 Å². The number of hydrogen-bond donors (Lipinski definition) is 3. The Kier molecular flexibility index (Phi) is 7.03. The number of rotatable bonds is 10. The summed E-state index contributed by atoms with van der Waals surface area (Å²) in [6.07, 6.45) is 3.20. The summed E-state index contributed by atoms with van der Waals surface area (Å²) in [4.78, 5) is 27.5. The third-order valence-corrected chi connectivity index (χ3v) is 4.94. The van der Waals surface area contributed by atoms with Crippen molar-refractivity contribution in [3.05, 3.63) is 71.9 Å². The van der Waals surface area contributed by atoms with Gasteiger partial charge in [-0.15, -0.1) is 0 Å². The average molecular weight is 394 g/mol. The predicted octanol–water partition coefficient (Wildman–Crippen LogP) is 3.32. The first-order valence-electron chi connectivity index (χ1n) is 9.83. The Morgan fingerprint density at radius 1 is 1.07 bits per heavy atom. The molecule has 6 heteroatoms. The number of carbonyl (C=O) groups excluding carboxylic acids is 1. The summed E-state index contributed by atoms with van der Waals surface area (Å²) in [5, 5.41) is 13.8. The number of ether oxygens (including phenoxy) is 1. The highest BCUT2D eigenvalue weighted by Gasteiger charge is 2.28. The summed E-state index contributed by atoms with van der Waals surface area (Å²) in [5.41, 5.74) is 2.94. The van der Waals surface area contributed by atoms with Gasteiger partial charge in [0, 0.05) is 23.5 Å². The molecule has 3 rings (SSSR count). The second kappa shape index (κ2) is 9.89. The van der Waals surface area contributed by atoms with Gasteiger partial charge in [-0.1, -0.05) is 48.5 Å². The predicted molar refractivity (Wildman–Crippen MR) is 112 cm³/mol. The molecule has 6 nitrogen and oxygen atoms in total. The van der Waals surface area contributed by atoms with Gasteiger partial charge in [0.25, 0.3) is 0 Å². The van der Waals surface area contributed by atoms with Gasteiger partial charge in [0.1, 0.15) is 12.1 Å². The lowest BCUT2D eigenvalue weighted by molar-refractivity contribution is -0.147. The lowest BCUT2D eigenvalue weighted by Gasteiger charge is -2.22. The number of aromatic amines is 1. The van der Waals surface area contributed by atoms with Crippen LogP contribution >= 0.6 is 0 Å². The van der Waals surface area contributed by atoms with Crippen molar-refractivity contribution in [1.29, 1.82) is 0 Å². The number of esters is 1. The smallest absolute Gasteiger partial charge is 0.323 e. The zero-order chi connectivity index (χ0) is 20.6. The molecule has 1 heterocycles. The highest BCUT2D eigenvalue weighted by atomic mass is 16.5. The number of carboxylic acid groups (broad SMARTS) is 1. The zero-order valence-corrected chi connectivity index (χ0v) is 16.4. The summed E-state index contributed by atoms with van der Waals surface area (Å²) in [6.45, 7) is 2.00. The maximum Gasteiger partial charge on any atom is 0.323 e. The summed E-state index contributed by atoms with van der Waals surface area (Å²) >= 11 is 0. The van der Waals surface area contributed by atoms with E-state index in [1.807, 2.05) is 60.8 Å². The van der Waals surface area contributed by atoms with Crippen LogP contribution in [0.5, 0.6) is 0 Å². The quantitative estimate of drug-likeness (QED) is 0.459. The molecule has 0 saturated heterocycles. The number of aromatic nitrogens is 1. The second-order valence-electron chi connectivity index (χ2n) is 6.95. The van der Waals surface area contributed by atoms with Crippen LogP contribution in [0.3, 0.4) is 0 Å². The fraction of sp³-hybridized carbons (Fsp3) is 0.304. The highest BCUT2D eigenvalue weighted by molar-refractivity contribution is 5.84. The van der Waals surface area contributed by atoms with E-state index < -0.39 is 24.0 Å². The third-order valence-electron chi connectivity index (χ3n) is 4.94. The first-order valence-corrected chi connectivity index (χ1v) is 9.83. The molecule has 0 radical (unpaired) electrons. The van der Waals surface area contributed by atoms with E-state index >= 15 is 0 Å². The van der Waals surface area contributed by atoms with Gasteiger partial charge in [-0.3, -0.25) is 14.9 Å². The van der Waals surface area contributed by atoms with Crippen molar-refractivity contribution in [3.63, 3.8) is 0 Å².